The summed E-state index contributed by atoms with van der Waals surface area (Å²) in [5, 5.41) is 22.9. The first kappa shape index (κ1) is 19.9. The molecular weight excluding hydrogens is 497 g/mol. The van der Waals surface area contributed by atoms with E-state index in [1.807, 2.05) is 16.8 Å². The molecule has 0 aliphatic carbocycles. The van der Waals surface area contributed by atoms with Gasteiger partial charge in [-0.3, -0.25) is 4.99 Å². The summed E-state index contributed by atoms with van der Waals surface area (Å²) in [6, 6.07) is 4.01. The highest BCUT2D eigenvalue weighted by molar-refractivity contribution is 14.0. The molecule has 0 aliphatic rings. The molecule has 0 spiro atoms. The third-order valence-corrected chi connectivity index (χ3v) is 5.28. The van der Waals surface area contributed by atoms with Gasteiger partial charge in [0.05, 0.1) is 10.3 Å². The van der Waals surface area contributed by atoms with E-state index in [1.54, 1.807) is 36.6 Å². The van der Waals surface area contributed by atoms with Crippen molar-refractivity contribution in [2.75, 3.05) is 13.6 Å². The predicted molar refractivity (Wildman–Crippen MR) is 110 cm³/mol. The van der Waals surface area contributed by atoms with Crippen molar-refractivity contribution in [2.45, 2.75) is 19.1 Å². The molecule has 0 saturated heterocycles. The van der Waals surface area contributed by atoms with Crippen LogP contribution in [0.15, 0.2) is 37.1 Å². The Balaban J connectivity index is 0.00000242. The molecule has 2 aromatic heterocycles. The Labute approximate surface area is 164 Å². The molecule has 0 aliphatic heterocycles. The predicted octanol–water partition coefficient (Wildman–Crippen LogP) is 3.76. The van der Waals surface area contributed by atoms with E-state index in [4.69, 9.17) is 0 Å². The van der Waals surface area contributed by atoms with Gasteiger partial charge < -0.3 is 15.7 Å². The van der Waals surface area contributed by atoms with Gasteiger partial charge in [0.25, 0.3) is 0 Å². The van der Waals surface area contributed by atoms with Crippen molar-refractivity contribution in [1.29, 1.82) is 0 Å². The molecule has 122 valence electrons. The Morgan fingerprint density at radius 1 is 1.41 bits per heavy atom. The Morgan fingerprint density at radius 2 is 2.18 bits per heavy atom. The maximum Gasteiger partial charge on any atom is 0.191 e. The van der Waals surface area contributed by atoms with Crippen molar-refractivity contribution in [3.05, 3.63) is 43.2 Å². The molecule has 3 N–H and O–H groups in total. The van der Waals surface area contributed by atoms with Gasteiger partial charge in [0.15, 0.2) is 5.96 Å². The number of aliphatic imine (C=N–C) groups is 1. The zero-order chi connectivity index (χ0) is 15.3. The van der Waals surface area contributed by atoms with Crippen LogP contribution in [0.1, 0.15) is 18.1 Å². The van der Waals surface area contributed by atoms with Crippen molar-refractivity contribution >= 4 is 68.5 Å². The molecule has 0 amide bonds. The highest BCUT2D eigenvalue weighted by Gasteiger charge is 2.23. The van der Waals surface area contributed by atoms with E-state index in [2.05, 4.69) is 43.0 Å². The molecule has 2 rings (SSSR count). The number of aliphatic hydroxyl groups is 1. The summed E-state index contributed by atoms with van der Waals surface area (Å²) in [6.45, 7) is 2.89. The van der Waals surface area contributed by atoms with Crippen LogP contribution in [-0.2, 0) is 12.1 Å². The fourth-order valence-electron chi connectivity index (χ4n) is 1.77. The van der Waals surface area contributed by atoms with Crippen molar-refractivity contribution < 1.29 is 5.11 Å². The largest absolute Gasteiger partial charge is 0.384 e. The summed E-state index contributed by atoms with van der Waals surface area (Å²) in [5.41, 5.74) is 1.19. The second-order valence-electron chi connectivity index (χ2n) is 4.82. The molecule has 1 atom stereocenters. The number of nitrogens with one attached hydrogen (secondary N) is 2. The molecule has 1 unspecified atom stereocenters. The van der Waals surface area contributed by atoms with E-state index < -0.39 is 5.60 Å². The zero-order valence-corrected chi connectivity index (χ0v) is 17.8. The molecular formula is C14H19BrIN3OS2. The topological polar surface area (TPSA) is 56.7 Å². The molecule has 22 heavy (non-hydrogen) atoms. The Morgan fingerprint density at radius 3 is 2.73 bits per heavy atom. The average Bonchev–Trinajstić information content (AvgIpc) is 3.10. The smallest absolute Gasteiger partial charge is 0.191 e. The summed E-state index contributed by atoms with van der Waals surface area (Å²) < 4.78 is 1.11. The van der Waals surface area contributed by atoms with Crippen LogP contribution in [0.4, 0.5) is 0 Å². The normalized spacial score (nSPS) is 14.1. The molecule has 0 saturated carbocycles. The van der Waals surface area contributed by atoms with Gasteiger partial charge in [0, 0.05) is 13.6 Å². The van der Waals surface area contributed by atoms with Gasteiger partial charge in [-0.05, 0) is 62.3 Å². The third-order valence-electron chi connectivity index (χ3n) is 3.05. The molecule has 0 aromatic carbocycles. The fraction of sp³-hybridized carbons (Fsp3) is 0.357. The molecule has 0 bridgehead atoms. The molecule has 2 aromatic rings. The first-order chi connectivity index (χ1) is 10.0. The van der Waals surface area contributed by atoms with E-state index in [1.165, 1.54) is 5.56 Å². The monoisotopic (exact) mass is 515 g/mol. The fourth-order valence-corrected chi connectivity index (χ4v) is 3.77. The van der Waals surface area contributed by atoms with Crippen LogP contribution in [0, 0.1) is 0 Å². The first-order valence-electron chi connectivity index (χ1n) is 6.44. The Kier molecular flexibility index (Phi) is 8.33. The SMILES string of the molecule is CN=C(NCc1csc(Br)c1)NCC(C)(O)c1ccsc1.I. The number of guanidine groups is 1. The van der Waals surface area contributed by atoms with Crippen LogP contribution in [0.25, 0.3) is 0 Å². The zero-order valence-electron chi connectivity index (χ0n) is 12.3. The quantitative estimate of drug-likeness (QED) is 0.323. The Bertz CT molecular complexity index is 599. The summed E-state index contributed by atoms with van der Waals surface area (Å²) >= 11 is 6.68. The van der Waals surface area contributed by atoms with Crippen LogP contribution in [-0.4, -0.2) is 24.7 Å². The first-order valence-corrected chi connectivity index (χ1v) is 9.05. The maximum absolute atomic E-state index is 10.5. The van der Waals surface area contributed by atoms with E-state index in [-0.39, 0.29) is 24.0 Å². The number of nitrogens with zero attached hydrogens (tertiary/aromatic N) is 1. The number of thiophene rings is 2. The van der Waals surface area contributed by atoms with E-state index in [0.717, 1.165) is 9.35 Å². The average molecular weight is 516 g/mol. The highest BCUT2D eigenvalue weighted by Crippen LogP contribution is 2.22. The van der Waals surface area contributed by atoms with Crippen LogP contribution in [0.2, 0.25) is 0 Å². The second kappa shape index (κ2) is 9.21. The maximum atomic E-state index is 10.5. The minimum absolute atomic E-state index is 0. The highest BCUT2D eigenvalue weighted by atomic mass is 127. The third kappa shape index (κ3) is 5.80. The van der Waals surface area contributed by atoms with Crippen molar-refractivity contribution in [3.63, 3.8) is 0 Å². The van der Waals surface area contributed by atoms with Gasteiger partial charge in [-0.2, -0.15) is 11.3 Å². The van der Waals surface area contributed by atoms with Crippen LogP contribution < -0.4 is 10.6 Å². The second-order valence-corrected chi connectivity index (χ2v) is 7.89. The lowest BCUT2D eigenvalue weighted by Crippen LogP contribution is -2.44. The number of hydrogen-bond acceptors (Lipinski definition) is 4. The Hall–Kier alpha value is -0.160. The van der Waals surface area contributed by atoms with E-state index >= 15 is 0 Å². The van der Waals surface area contributed by atoms with Crippen LogP contribution in [0.3, 0.4) is 0 Å². The van der Waals surface area contributed by atoms with Crippen molar-refractivity contribution in [1.82, 2.24) is 10.6 Å². The summed E-state index contributed by atoms with van der Waals surface area (Å²) in [6.07, 6.45) is 0. The molecule has 0 fully saturated rings. The lowest BCUT2D eigenvalue weighted by atomic mass is 9.99. The van der Waals surface area contributed by atoms with Gasteiger partial charge >= 0.3 is 0 Å². The lowest BCUT2D eigenvalue weighted by Gasteiger charge is -2.24. The summed E-state index contributed by atoms with van der Waals surface area (Å²) in [7, 11) is 1.72. The molecule has 2 heterocycles. The number of rotatable bonds is 5. The molecule has 0 radical (unpaired) electrons. The van der Waals surface area contributed by atoms with Gasteiger partial charge in [0.2, 0.25) is 0 Å². The lowest BCUT2D eigenvalue weighted by molar-refractivity contribution is 0.0621. The van der Waals surface area contributed by atoms with E-state index in [0.29, 0.717) is 19.0 Å². The van der Waals surface area contributed by atoms with Crippen molar-refractivity contribution in [2.24, 2.45) is 4.99 Å². The minimum atomic E-state index is -0.914. The van der Waals surface area contributed by atoms with Crippen LogP contribution in [0.5, 0.6) is 0 Å². The summed E-state index contributed by atoms with van der Waals surface area (Å²) in [5.74, 6) is 0.674. The minimum Gasteiger partial charge on any atom is -0.384 e. The van der Waals surface area contributed by atoms with Gasteiger partial charge in [0.1, 0.15) is 5.60 Å². The standard InChI is InChI=1S/C14H18BrN3OS2.HI/c1-14(19,11-3-4-20-8-11)9-18-13(16-2)17-6-10-5-12(15)21-7-10;/h3-5,7-8,19H,6,9H2,1-2H3,(H2,16,17,18);1H. The van der Waals surface area contributed by atoms with E-state index in [9.17, 15) is 5.11 Å². The van der Waals surface area contributed by atoms with Gasteiger partial charge in [-0.15, -0.1) is 35.3 Å². The van der Waals surface area contributed by atoms with Crippen molar-refractivity contribution in [3.8, 4) is 0 Å². The van der Waals surface area contributed by atoms with Gasteiger partial charge in [-0.1, -0.05) is 0 Å². The molecule has 4 nitrogen and oxygen atoms in total. The molecule has 8 heteroatoms. The summed E-state index contributed by atoms with van der Waals surface area (Å²) in [4.78, 5) is 4.17. The number of hydrogen-bond donors (Lipinski definition) is 3. The van der Waals surface area contributed by atoms with Gasteiger partial charge in [-0.25, -0.2) is 0 Å². The number of halogens is 2. The van der Waals surface area contributed by atoms with Crippen LogP contribution >= 0.6 is 62.6 Å².